The van der Waals surface area contributed by atoms with Crippen LogP contribution >= 0.6 is 0 Å². The average Bonchev–Trinajstić information content (AvgIpc) is 2.28. The summed E-state index contributed by atoms with van der Waals surface area (Å²) in [5.41, 5.74) is 12.9. The molecular weight excluding hydrogens is 206 g/mol. The van der Waals surface area contributed by atoms with E-state index in [4.69, 9.17) is 16.2 Å². The highest BCUT2D eigenvalue weighted by Gasteiger charge is 2.29. The molecule has 6 nitrogen and oxygen atoms in total. The summed E-state index contributed by atoms with van der Waals surface area (Å²) in [6.07, 6.45) is 4.29. The summed E-state index contributed by atoms with van der Waals surface area (Å²) in [6.45, 7) is 0.566. The maximum atomic E-state index is 6.14. The van der Waals surface area contributed by atoms with Crippen molar-refractivity contribution in [1.82, 2.24) is 9.97 Å². The number of anilines is 1. The Morgan fingerprint density at radius 2 is 2.31 bits per heavy atom. The molecule has 0 saturated carbocycles. The van der Waals surface area contributed by atoms with Crippen molar-refractivity contribution in [2.24, 2.45) is 10.7 Å². The van der Waals surface area contributed by atoms with Crippen molar-refractivity contribution in [1.29, 1.82) is 0 Å². The predicted octanol–water partition coefficient (Wildman–Crippen LogP) is -0.275. The van der Waals surface area contributed by atoms with Gasteiger partial charge in [0.15, 0.2) is 0 Å². The summed E-state index contributed by atoms with van der Waals surface area (Å²) >= 11 is 0. The SMILES string of the molecule is COCCC1(N)Cc2c(N)ncnc2C=N1. The molecule has 0 aliphatic carbocycles. The van der Waals surface area contributed by atoms with Crippen molar-refractivity contribution < 1.29 is 4.74 Å². The third-order valence-corrected chi connectivity index (χ3v) is 2.68. The van der Waals surface area contributed by atoms with Crippen molar-refractivity contribution in [2.75, 3.05) is 19.5 Å². The van der Waals surface area contributed by atoms with Crippen LogP contribution in [0, 0.1) is 0 Å². The van der Waals surface area contributed by atoms with E-state index in [1.165, 1.54) is 6.33 Å². The molecule has 1 unspecified atom stereocenters. The molecule has 86 valence electrons. The van der Waals surface area contributed by atoms with Crippen LogP contribution in [-0.4, -0.2) is 35.6 Å². The fourth-order valence-electron chi connectivity index (χ4n) is 1.71. The third-order valence-electron chi connectivity index (χ3n) is 2.68. The van der Waals surface area contributed by atoms with Crippen molar-refractivity contribution in [2.45, 2.75) is 18.5 Å². The zero-order valence-electron chi connectivity index (χ0n) is 9.18. The number of rotatable bonds is 3. The number of nitrogens with two attached hydrogens (primary N) is 2. The molecule has 0 saturated heterocycles. The van der Waals surface area contributed by atoms with E-state index in [2.05, 4.69) is 15.0 Å². The highest BCUT2D eigenvalue weighted by Crippen LogP contribution is 2.25. The molecule has 0 spiro atoms. The topological polar surface area (TPSA) is 99.4 Å². The van der Waals surface area contributed by atoms with Crippen LogP contribution in [0.5, 0.6) is 0 Å². The van der Waals surface area contributed by atoms with Gasteiger partial charge in [0.1, 0.15) is 17.8 Å². The number of nitrogens with zero attached hydrogens (tertiary/aromatic N) is 3. The van der Waals surface area contributed by atoms with Crippen LogP contribution in [0.25, 0.3) is 0 Å². The molecule has 0 radical (unpaired) electrons. The molecule has 1 aromatic rings. The molecule has 0 fully saturated rings. The Labute approximate surface area is 93.7 Å². The van der Waals surface area contributed by atoms with Crippen LogP contribution in [0.2, 0.25) is 0 Å². The normalized spacial score (nSPS) is 23.1. The summed E-state index contributed by atoms with van der Waals surface area (Å²) < 4.78 is 5.01. The lowest BCUT2D eigenvalue weighted by Crippen LogP contribution is -2.43. The molecule has 1 aliphatic rings. The Balaban J connectivity index is 2.25. The van der Waals surface area contributed by atoms with Gasteiger partial charge in [-0.2, -0.15) is 0 Å². The van der Waals surface area contributed by atoms with Gasteiger partial charge in [-0.1, -0.05) is 0 Å². The van der Waals surface area contributed by atoms with Gasteiger partial charge in [-0.25, -0.2) is 9.97 Å². The first-order chi connectivity index (χ1) is 7.64. The summed E-state index contributed by atoms with van der Waals surface area (Å²) in [6, 6.07) is 0. The lowest BCUT2D eigenvalue weighted by Gasteiger charge is -2.28. The first-order valence-corrected chi connectivity index (χ1v) is 5.07. The zero-order valence-corrected chi connectivity index (χ0v) is 9.18. The van der Waals surface area contributed by atoms with Crippen molar-refractivity contribution >= 4 is 12.0 Å². The highest BCUT2D eigenvalue weighted by molar-refractivity contribution is 5.82. The fourth-order valence-corrected chi connectivity index (χ4v) is 1.71. The minimum Gasteiger partial charge on any atom is -0.385 e. The Morgan fingerprint density at radius 3 is 3.06 bits per heavy atom. The quantitative estimate of drug-likeness (QED) is 0.731. The molecule has 2 rings (SSSR count). The second-order valence-corrected chi connectivity index (χ2v) is 3.90. The summed E-state index contributed by atoms with van der Waals surface area (Å²) in [7, 11) is 1.64. The van der Waals surface area contributed by atoms with E-state index in [1.807, 2.05) is 0 Å². The van der Waals surface area contributed by atoms with Gasteiger partial charge in [-0.3, -0.25) is 4.99 Å². The minimum atomic E-state index is -0.651. The van der Waals surface area contributed by atoms with Gasteiger partial charge in [-0.15, -0.1) is 0 Å². The second kappa shape index (κ2) is 4.15. The Kier molecular flexibility index (Phi) is 2.84. The van der Waals surface area contributed by atoms with E-state index in [9.17, 15) is 0 Å². The molecule has 4 N–H and O–H groups in total. The Bertz CT molecular complexity index is 420. The number of aromatic nitrogens is 2. The summed E-state index contributed by atoms with van der Waals surface area (Å²) in [4.78, 5) is 12.4. The largest absolute Gasteiger partial charge is 0.385 e. The molecule has 0 aromatic carbocycles. The number of nitrogen functional groups attached to an aromatic ring is 1. The van der Waals surface area contributed by atoms with Crippen molar-refractivity contribution in [3.63, 3.8) is 0 Å². The molecule has 1 aromatic heterocycles. The molecule has 1 atom stereocenters. The predicted molar refractivity (Wildman–Crippen MR) is 61.2 cm³/mol. The second-order valence-electron chi connectivity index (χ2n) is 3.90. The minimum absolute atomic E-state index is 0.475. The van der Waals surface area contributed by atoms with Crippen molar-refractivity contribution in [3.05, 3.63) is 17.6 Å². The number of aliphatic imine (C=N–C) groups is 1. The molecule has 1 aliphatic heterocycles. The zero-order chi connectivity index (χ0) is 11.6. The molecule has 0 bridgehead atoms. The first kappa shape index (κ1) is 11.0. The molecule has 16 heavy (non-hydrogen) atoms. The van der Waals surface area contributed by atoms with E-state index >= 15 is 0 Å². The van der Waals surface area contributed by atoms with E-state index in [-0.39, 0.29) is 0 Å². The van der Waals surface area contributed by atoms with Gasteiger partial charge in [-0.05, 0) is 0 Å². The van der Waals surface area contributed by atoms with Gasteiger partial charge >= 0.3 is 0 Å². The number of methoxy groups -OCH3 is 1. The summed E-state index contributed by atoms with van der Waals surface area (Å²) in [5, 5.41) is 0. The van der Waals surface area contributed by atoms with Gasteiger partial charge in [0.05, 0.1) is 5.69 Å². The molecular formula is C10H15N5O. The molecule has 2 heterocycles. The van der Waals surface area contributed by atoms with Crippen molar-refractivity contribution in [3.8, 4) is 0 Å². The number of ether oxygens (including phenoxy) is 1. The molecule has 6 heteroatoms. The van der Waals surface area contributed by atoms with Crippen LogP contribution in [0.1, 0.15) is 17.7 Å². The lowest BCUT2D eigenvalue weighted by atomic mass is 9.94. The van der Waals surface area contributed by atoms with E-state index in [1.54, 1.807) is 13.3 Å². The maximum Gasteiger partial charge on any atom is 0.130 e. The highest BCUT2D eigenvalue weighted by atomic mass is 16.5. The van der Waals surface area contributed by atoms with Gasteiger partial charge in [0.2, 0.25) is 0 Å². The smallest absolute Gasteiger partial charge is 0.130 e. The van der Waals surface area contributed by atoms with Crippen LogP contribution < -0.4 is 11.5 Å². The Morgan fingerprint density at radius 1 is 1.50 bits per heavy atom. The maximum absolute atomic E-state index is 6.14. The fraction of sp³-hybridized carbons (Fsp3) is 0.500. The van der Waals surface area contributed by atoms with Gasteiger partial charge in [0, 0.05) is 38.3 Å². The monoisotopic (exact) mass is 221 g/mol. The standard InChI is InChI=1S/C10H15N5O/c1-16-3-2-10(12)4-7-8(5-15-10)13-6-14-9(7)11/h5-6H,2-4,12H2,1H3,(H2,11,13,14). The molecule has 0 amide bonds. The van der Waals surface area contributed by atoms with Gasteiger partial charge in [0.25, 0.3) is 0 Å². The Hall–Kier alpha value is -1.53. The number of hydrogen-bond donors (Lipinski definition) is 2. The van der Waals surface area contributed by atoms with Crippen LogP contribution in [0.4, 0.5) is 5.82 Å². The van der Waals surface area contributed by atoms with Gasteiger partial charge < -0.3 is 16.2 Å². The van der Waals surface area contributed by atoms with Crippen LogP contribution in [0.3, 0.4) is 0 Å². The lowest BCUT2D eigenvalue weighted by molar-refractivity contribution is 0.169. The first-order valence-electron chi connectivity index (χ1n) is 5.07. The van der Waals surface area contributed by atoms with E-state index in [0.29, 0.717) is 25.3 Å². The van der Waals surface area contributed by atoms with E-state index < -0.39 is 5.66 Å². The van der Waals surface area contributed by atoms with Crippen LogP contribution in [-0.2, 0) is 11.2 Å². The summed E-state index contributed by atoms with van der Waals surface area (Å²) in [5.74, 6) is 0.475. The number of hydrogen-bond acceptors (Lipinski definition) is 6. The van der Waals surface area contributed by atoms with Crippen LogP contribution in [0.15, 0.2) is 11.3 Å². The third kappa shape index (κ3) is 2.02. The average molecular weight is 221 g/mol. The number of fused-ring (bicyclic) bond motifs is 1. The van der Waals surface area contributed by atoms with E-state index in [0.717, 1.165) is 11.3 Å².